The molecular weight excluding hydrogens is 219 g/mol. The zero-order valence-electron chi connectivity index (χ0n) is 10.5. The number of nitrogens with zero attached hydrogens (tertiary/aromatic N) is 1. The third-order valence-electron chi connectivity index (χ3n) is 2.71. The summed E-state index contributed by atoms with van der Waals surface area (Å²) in [6.07, 6.45) is 0. The Balaban J connectivity index is 2.96. The Kier molecular flexibility index (Phi) is 4.63. The molecule has 0 saturated heterocycles. The van der Waals surface area contributed by atoms with E-state index in [4.69, 9.17) is 5.73 Å². The lowest BCUT2D eigenvalue weighted by Gasteiger charge is -2.26. The molecule has 17 heavy (non-hydrogen) atoms. The maximum absolute atomic E-state index is 13.1. The van der Waals surface area contributed by atoms with Gasteiger partial charge in [0.2, 0.25) is 5.91 Å². The van der Waals surface area contributed by atoms with Gasteiger partial charge in [0.15, 0.2) is 0 Å². The summed E-state index contributed by atoms with van der Waals surface area (Å²) in [4.78, 5) is 13.6. The molecule has 0 heterocycles. The van der Waals surface area contributed by atoms with Gasteiger partial charge in [-0.3, -0.25) is 4.79 Å². The second-order valence-electron chi connectivity index (χ2n) is 4.33. The maximum atomic E-state index is 13.1. The van der Waals surface area contributed by atoms with Crippen LogP contribution < -0.4 is 10.6 Å². The molecule has 4 heteroatoms. The summed E-state index contributed by atoms with van der Waals surface area (Å²) in [7, 11) is 0. The average molecular weight is 238 g/mol. The molecule has 0 saturated carbocycles. The maximum Gasteiger partial charge on any atom is 0.244 e. The summed E-state index contributed by atoms with van der Waals surface area (Å²) in [5.41, 5.74) is 6.38. The Morgan fingerprint density at radius 1 is 1.47 bits per heavy atom. The van der Waals surface area contributed by atoms with Gasteiger partial charge >= 0.3 is 0 Å². The summed E-state index contributed by atoms with van der Waals surface area (Å²) >= 11 is 0. The fraction of sp³-hybridized carbons (Fsp3) is 0.462. The van der Waals surface area contributed by atoms with Crippen LogP contribution in [0.1, 0.15) is 20.8 Å². The minimum atomic E-state index is -0.557. The molecule has 0 aliphatic carbocycles. The van der Waals surface area contributed by atoms with Crippen LogP contribution in [0.2, 0.25) is 0 Å². The summed E-state index contributed by atoms with van der Waals surface area (Å²) in [6.45, 7) is 6.10. The van der Waals surface area contributed by atoms with Gasteiger partial charge in [0.25, 0.3) is 0 Å². The predicted octanol–water partition coefficient (Wildman–Crippen LogP) is 2.16. The minimum absolute atomic E-state index is 0.0603. The Labute approximate surface area is 101 Å². The highest BCUT2D eigenvalue weighted by atomic mass is 19.1. The zero-order valence-corrected chi connectivity index (χ0v) is 10.5. The van der Waals surface area contributed by atoms with Crippen molar-refractivity contribution in [1.29, 1.82) is 0 Å². The molecule has 94 valence electrons. The lowest BCUT2D eigenvalue weighted by atomic mass is 10.0. The number of hydrogen-bond acceptors (Lipinski definition) is 2. The van der Waals surface area contributed by atoms with Crippen LogP contribution >= 0.6 is 0 Å². The van der Waals surface area contributed by atoms with Gasteiger partial charge in [0.1, 0.15) is 5.82 Å². The largest absolute Gasteiger partial charge is 0.320 e. The van der Waals surface area contributed by atoms with Crippen LogP contribution in [0.25, 0.3) is 0 Å². The number of amides is 1. The topological polar surface area (TPSA) is 46.3 Å². The molecular formula is C13H19FN2O. The van der Waals surface area contributed by atoms with E-state index < -0.39 is 6.04 Å². The highest BCUT2D eigenvalue weighted by molar-refractivity contribution is 5.97. The summed E-state index contributed by atoms with van der Waals surface area (Å²) in [6, 6.07) is 5.43. The van der Waals surface area contributed by atoms with E-state index in [1.165, 1.54) is 17.0 Å². The number of carbonyl (C=O) groups is 1. The van der Waals surface area contributed by atoms with Crippen molar-refractivity contribution >= 4 is 11.6 Å². The first-order valence-corrected chi connectivity index (χ1v) is 5.80. The monoisotopic (exact) mass is 238 g/mol. The summed E-state index contributed by atoms with van der Waals surface area (Å²) in [5.74, 6) is -0.468. The molecule has 0 aliphatic heterocycles. The molecule has 2 N–H and O–H groups in total. The lowest BCUT2D eigenvalue weighted by molar-refractivity contribution is -0.120. The number of anilines is 1. The molecule has 1 amide bonds. The summed E-state index contributed by atoms with van der Waals surface area (Å²) < 4.78 is 13.1. The minimum Gasteiger partial charge on any atom is -0.320 e. The molecule has 3 nitrogen and oxygen atoms in total. The van der Waals surface area contributed by atoms with Crippen LogP contribution in [0.15, 0.2) is 24.3 Å². The molecule has 0 bridgehead atoms. The number of nitrogens with two attached hydrogens (primary N) is 1. The lowest BCUT2D eigenvalue weighted by Crippen LogP contribution is -2.46. The van der Waals surface area contributed by atoms with Gasteiger partial charge in [0, 0.05) is 12.2 Å². The highest BCUT2D eigenvalue weighted by Crippen LogP contribution is 2.17. The van der Waals surface area contributed by atoms with E-state index in [0.717, 1.165) is 0 Å². The van der Waals surface area contributed by atoms with Crippen molar-refractivity contribution in [3.05, 3.63) is 30.1 Å². The van der Waals surface area contributed by atoms with Crippen molar-refractivity contribution in [2.24, 2.45) is 11.7 Å². The van der Waals surface area contributed by atoms with Crippen molar-refractivity contribution in [1.82, 2.24) is 0 Å². The van der Waals surface area contributed by atoms with E-state index in [9.17, 15) is 9.18 Å². The van der Waals surface area contributed by atoms with Gasteiger partial charge < -0.3 is 10.6 Å². The van der Waals surface area contributed by atoms with Gasteiger partial charge in [0.05, 0.1) is 6.04 Å². The number of hydrogen-bond donors (Lipinski definition) is 1. The van der Waals surface area contributed by atoms with Crippen molar-refractivity contribution in [2.45, 2.75) is 26.8 Å². The van der Waals surface area contributed by atoms with Crippen LogP contribution in [-0.2, 0) is 4.79 Å². The number of halogens is 1. The van der Waals surface area contributed by atoms with E-state index in [1.807, 2.05) is 20.8 Å². The van der Waals surface area contributed by atoms with Crippen LogP contribution in [-0.4, -0.2) is 18.5 Å². The highest BCUT2D eigenvalue weighted by Gasteiger charge is 2.23. The van der Waals surface area contributed by atoms with E-state index >= 15 is 0 Å². The molecule has 1 atom stereocenters. The average Bonchev–Trinajstić information content (AvgIpc) is 2.28. The van der Waals surface area contributed by atoms with Gasteiger partial charge in [-0.1, -0.05) is 19.9 Å². The first-order valence-electron chi connectivity index (χ1n) is 5.80. The molecule has 0 spiro atoms. The number of likely N-dealkylation sites (N-methyl/N-ethyl adjacent to an activating group) is 1. The number of benzene rings is 1. The second kappa shape index (κ2) is 5.77. The van der Waals surface area contributed by atoms with Crippen molar-refractivity contribution in [2.75, 3.05) is 11.4 Å². The molecule has 1 aromatic carbocycles. The van der Waals surface area contributed by atoms with Gasteiger partial charge in [-0.05, 0) is 31.0 Å². The third-order valence-corrected chi connectivity index (χ3v) is 2.71. The van der Waals surface area contributed by atoms with E-state index in [1.54, 1.807) is 12.1 Å². The van der Waals surface area contributed by atoms with Crippen LogP contribution in [0.3, 0.4) is 0 Å². The second-order valence-corrected chi connectivity index (χ2v) is 4.33. The van der Waals surface area contributed by atoms with Gasteiger partial charge in [-0.15, -0.1) is 0 Å². The smallest absolute Gasteiger partial charge is 0.244 e. The molecule has 0 aliphatic rings. The van der Waals surface area contributed by atoms with Gasteiger partial charge in [-0.25, -0.2) is 4.39 Å². The first-order chi connectivity index (χ1) is 7.97. The fourth-order valence-corrected chi connectivity index (χ4v) is 1.57. The Morgan fingerprint density at radius 2 is 2.12 bits per heavy atom. The van der Waals surface area contributed by atoms with Crippen molar-refractivity contribution < 1.29 is 9.18 Å². The summed E-state index contributed by atoms with van der Waals surface area (Å²) in [5, 5.41) is 0. The molecule has 0 radical (unpaired) electrons. The molecule has 1 aromatic rings. The molecule has 0 aromatic heterocycles. The van der Waals surface area contributed by atoms with Crippen LogP contribution in [0.4, 0.5) is 10.1 Å². The van der Waals surface area contributed by atoms with Crippen molar-refractivity contribution in [3.63, 3.8) is 0 Å². The Hall–Kier alpha value is -1.42. The number of carbonyl (C=O) groups excluding carboxylic acids is 1. The molecule has 0 unspecified atom stereocenters. The van der Waals surface area contributed by atoms with E-state index in [2.05, 4.69) is 0 Å². The quantitative estimate of drug-likeness (QED) is 0.873. The van der Waals surface area contributed by atoms with E-state index in [-0.39, 0.29) is 17.6 Å². The fourth-order valence-electron chi connectivity index (χ4n) is 1.57. The zero-order chi connectivity index (χ0) is 13.0. The van der Waals surface area contributed by atoms with Crippen molar-refractivity contribution in [3.8, 4) is 0 Å². The Bertz CT molecular complexity index is 393. The van der Waals surface area contributed by atoms with Gasteiger partial charge in [-0.2, -0.15) is 0 Å². The van der Waals surface area contributed by atoms with Crippen LogP contribution in [0, 0.1) is 11.7 Å². The Morgan fingerprint density at radius 3 is 2.59 bits per heavy atom. The third kappa shape index (κ3) is 3.27. The van der Waals surface area contributed by atoms with E-state index in [0.29, 0.717) is 12.2 Å². The standard InChI is InChI=1S/C13H19FN2O/c1-4-16(13(17)12(15)9(2)3)11-7-5-6-10(14)8-11/h5-9,12H,4,15H2,1-3H3/t12-/m1/s1. The SMILES string of the molecule is CCN(C(=O)[C@H](N)C(C)C)c1cccc(F)c1. The normalized spacial score (nSPS) is 12.6. The molecule has 0 fully saturated rings. The first kappa shape index (κ1) is 13.6. The van der Waals surface area contributed by atoms with Crippen LogP contribution in [0.5, 0.6) is 0 Å². The predicted molar refractivity (Wildman–Crippen MR) is 67.2 cm³/mol. The number of rotatable bonds is 4. The molecule has 1 rings (SSSR count).